The minimum Gasteiger partial charge on any atom is -0.478 e. The number of methoxy groups -OCH3 is 1. The number of pyridine rings is 1. The molecule has 1 heterocycles. The third-order valence-corrected chi connectivity index (χ3v) is 2.57. The van der Waals surface area contributed by atoms with Gasteiger partial charge in [-0.05, 0) is 25.3 Å². The molecule has 118 valence electrons. The number of unbranched alkanes of at least 4 members (excludes halogenated alkanes) is 1. The molecule has 0 unspecified atom stereocenters. The Labute approximate surface area is 119 Å². The first-order valence-electron chi connectivity index (χ1n) is 6.25. The van der Waals surface area contributed by atoms with Gasteiger partial charge in [0.15, 0.2) is 6.61 Å². The van der Waals surface area contributed by atoms with Crippen molar-refractivity contribution in [3.63, 3.8) is 0 Å². The van der Waals surface area contributed by atoms with Gasteiger partial charge in [0.2, 0.25) is 5.88 Å². The zero-order chi connectivity index (χ0) is 15.9. The van der Waals surface area contributed by atoms with Crippen LogP contribution >= 0.6 is 0 Å². The molecule has 0 aromatic carbocycles. The van der Waals surface area contributed by atoms with Crippen LogP contribution in [0.5, 0.6) is 5.88 Å². The summed E-state index contributed by atoms with van der Waals surface area (Å²) in [6, 6.07) is 2.32. The summed E-state index contributed by atoms with van der Waals surface area (Å²) in [5.74, 6) is -1.41. The molecule has 0 saturated carbocycles. The average molecular weight is 307 g/mol. The Morgan fingerprint density at radius 2 is 2.05 bits per heavy atom. The maximum atomic E-state index is 12.1. The highest BCUT2D eigenvalue weighted by molar-refractivity contribution is 5.88. The van der Waals surface area contributed by atoms with Gasteiger partial charge < -0.3 is 14.6 Å². The van der Waals surface area contributed by atoms with Crippen LogP contribution in [-0.4, -0.2) is 42.6 Å². The maximum absolute atomic E-state index is 12.1. The van der Waals surface area contributed by atoms with Crippen LogP contribution < -0.4 is 4.74 Å². The molecule has 0 bridgehead atoms. The number of alkyl halides is 3. The summed E-state index contributed by atoms with van der Waals surface area (Å²) in [6.45, 7) is -0.942. The second kappa shape index (κ2) is 7.82. The van der Waals surface area contributed by atoms with Gasteiger partial charge in [-0.2, -0.15) is 13.2 Å². The van der Waals surface area contributed by atoms with Gasteiger partial charge in [0, 0.05) is 19.8 Å². The molecule has 0 aliphatic heterocycles. The van der Waals surface area contributed by atoms with E-state index in [-0.39, 0.29) is 17.1 Å². The van der Waals surface area contributed by atoms with E-state index in [1.165, 1.54) is 6.07 Å². The van der Waals surface area contributed by atoms with Gasteiger partial charge in [-0.1, -0.05) is 0 Å². The predicted molar refractivity (Wildman–Crippen MR) is 67.6 cm³/mol. The van der Waals surface area contributed by atoms with E-state index in [9.17, 15) is 18.0 Å². The Morgan fingerprint density at radius 1 is 1.33 bits per heavy atom. The first-order chi connectivity index (χ1) is 9.83. The highest BCUT2D eigenvalue weighted by atomic mass is 19.4. The van der Waals surface area contributed by atoms with Crippen LogP contribution in [-0.2, 0) is 11.2 Å². The molecule has 21 heavy (non-hydrogen) atoms. The van der Waals surface area contributed by atoms with E-state index >= 15 is 0 Å². The summed E-state index contributed by atoms with van der Waals surface area (Å²) in [5, 5.41) is 9.03. The second-order valence-corrected chi connectivity index (χ2v) is 4.30. The molecule has 8 heteroatoms. The van der Waals surface area contributed by atoms with Gasteiger partial charge in [0.05, 0.1) is 11.3 Å². The number of nitrogens with zero attached hydrogens (tertiary/aromatic N) is 1. The molecule has 1 aromatic rings. The number of carboxylic acid groups (broad SMARTS) is 1. The number of hydrogen-bond donors (Lipinski definition) is 1. The summed E-state index contributed by atoms with van der Waals surface area (Å²) < 4.78 is 45.6. The molecule has 0 aliphatic carbocycles. The SMILES string of the molecule is COCCCCc1nc(OCC(F)(F)F)ccc1C(=O)O. The van der Waals surface area contributed by atoms with E-state index in [0.717, 1.165) is 6.07 Å². The van der Waals surface area contributed by atoms with Gasteiger partial charge in [0.1, 0.15) is 0 Å². The van der Waals surface area contributed by atoms with Crippen molar-refractivity contribution in [1.82, 2.24) is 4.98 Å². The van der Waals surface area contributed by atoms with E-state index in [2.05, 4.69) is 9.72 Å². The third-order valence-electron chi connectivity index (χ3n) is 2.57. The zero-order valence-corrected chi connectivity index (χ0v) is 11.4. The van der Waals surface area contributed by atoms with Crippen molar-refractivity contribution in [3.8, 4) is 5.88 Å². The Hall–Kier alpha value is -1.83. The number of carbonyl (C=O) groups is 1. The molecular formula is C13H16F3NO4. The topological polar surface area (TPSA) is 68.7 Å². The molecular weight excluding hydrogens is 291 g/mol. The van der Waals surface area contributed by atoms with E-state index in [1.54, 1.807) is 7.11 Å². The van der Waals surface area contributed by atoms with Crippen LogP contribution in [0, 0.1) is 0 Å². The van der Waals surface area contributed by atoms with Crippen LogP contribution in [0.3, 0.4) is 0 Å². The normalized spacial score (nSPS) is 11.4. The van der Waals surface area contributed by atoms with Gasteiger partial charge in [-0.15, -0.1) is 0 Å². The minimum absolute atomic E-state index is 0.0354. The number of aryl methyl sites for hydroxylation is 1. The van der Waals surface area contributed by atoms with Crippen LogP contribution in [0.2, 0.25) is 0 Å². The van der Waals surface area contributed by atoms with Crippen LogP contribution in [0.15, 0.2) is 12.1 Å². The predicted octanol–water partition coefficient (Wildman–Crippen LogP) is 2.69. The van der Waals surface area contributed by atoms with Crippen molar-refractivity contribution in [2.75, 3.05) is 20.3 Å². The summed E-state index contributed by atoms with van der Waals surface area (Å²) in [7, 11) is 1.55. The fraction of sp³-hybridized carbons (Fsp3) is 0.538. The number of carboxylic acids is 1. The average Bonchev–Trinajstić information content (AvgIpc) is 2.40. The molecule has 0 atom stereocenters. The Kier molecular flexibility index (Phi) is 6.41. The molecule has 1 rings (SSSR count). The smallest absolute Gasteiger partial charge is 0.422 e. The third kappa shape index (κ3) is 6.44. The fourth-order valence-electron chi connectivity index (χ4n) is 1.64. The number of hydrogen-bond acceptors (Lipinski definition) is 4. The van der Waals surface area contributed by atoms with Crippen molar-refractivity contribution in [3.05, 3.63) is 23.4 Å². The quantitative estimate of drug-likeness (QED) is 0.748. The molecule has 1 N–H and O–H groups in total. The molecule has 0 saturated heterocycles. The number of aromatic nitrogens is 1. The molecule has 0 radical (unpaired) electrons. The van der Waals surface area contributed by atoms with Gasteiger partial charge in [-0.25, -0.2) is 9.78 Å². The second-order valence-electron chi connectivity index (χ2n) is 4.30. The van der Waals surface area contributed by atoms with E-state index < -0.39 is 18.8 Å². The summed E-state index contributed by atoms with van der Waals surface area (Å²) in [6.07, 6.45) is -2.82. The number of aromatic carboxylic acids is 1. The van der Waals surface area contributed by atoms with E-state index in [4.69, 9.17) is 9.84 Å². The monoisotopic (exact) mass is 307 g/mol. The standard InChI is InChI=1S/C13H16F3NO4/c1-20-7-3-2-4-10-9(12(18)19)5-6-11(17-10)21-8-13(14,15)16/h5-6H,2-4,7-8H2,1H3,(H,18,19). The first kappa shape index (κ1) is 17.2. The number of halogens is 3. The van der Waals surface area contributed by atoms with E-state index in [0.29, 0.717) is 25.9 Å². The van der Waals surface area contributed by atoms with Crippen LogP contribution in [0.25, 0.3) is 0 Å². The molecule has 5 nitrogen and oxygen atoms in total. The maximum Gasteiger partial charge on any atom is 0.422 e. The number of rotatable bonds is 8. The molecule has 0 aliphatic rings. The lowest BCUT2D eigenvalue weighted by Crippen LogP contribution is -2.20. The van der Waals surface area contributed by atoms with Crippen molar-refractivity contribution in [2.24, 2.45) is 0 Å². The first-order valence-corrected chi connectivity index (χ1v) is 6.25. The minimum atomic E-state index is -4.47. The van der Waals surface area contributed by atoms with Crippen LogP contribution in [0.1, 0.15) is 28.9 Å². The number of ether oxygens (including phenoxy) is 2. The molecule has 0 amide bonds. The molecule has 0 spiro atoms. The summed E-state index contributed by atoms with van der Waals surface area (Å²) in [4.78, 5) is 14.9. The molecule has 1 aromatic heterocycles. The summed E-state index contributed by atoms with van der Waals surface area (Å²) >= 11 is 0. The van der Waals surface area contributed by atoms with Gasteiger partial charge >= 0.3 is 12.1 Å². The Morgan fingerprint density at radius 3 is 2.62 bits per heavy atom. The Bertz CT molecular complexity index is 477. The summed E-state index contributed by atoms with van der Waals surface area (Å²) in [5.41, 5.74) is 0.171. The largest absolute Gasteiger partial charge is 0.478 e. The van der Waals surface area contributed by atoms with Gasteiger partial charge in [0.25, 0.3) is 0 Å². The lowest BCUT2D eigenvalue weighted by atomic mass is 10.1. The van der Waals surface area contributed by atoms with Crippen molar-refractivity contribution >= 4 is 5.97 Å². The van der Waals surface area contributed by atoms with Crippen LogP contribution in [0.4, 0.5) is 13.2 Å². The highest BCUT2D eigenvalue weighted by Gasteiger charge is 2.28. The van der Waals surface area contributed by atoms with Crippen molar-refractivity contribution < 1.29 is 32.5 Å². The van der Waals surface area contributed by atoms with Crippen molar-refractivity contribution in [1.29, 1.82) is 0 Å². The zero-order valence-electron chi connectivity index (χ0n) is 11.4. The highest BCUT2D eigenvalue weighted by Crippen LogP contribution is 2.19. The molecule has 0 fully saturated rings. The van der Waals surface area contributed by atoms with E-state index in [1.807, 2.05) is 0 Å². The lowest BCUT2D eigenvalue weighted by Gasteiger charge is -2.11. The van der Waals surface area contributed by atoms with Gasteiger partial charge in [-0.3, -0.25) is 0 Å². The Balaban J connectivity index is 2.77. The lowest BCUT2D eigenvalue weighted by molar-refractivity contribution is -0.154. The fourth-order valence-corrected chi connectivity index (χ4v) is 1.64. The van der Waals surface area contributed by atoms with Crippen molar-refractivity contribution in [2.45, 2.75) is 25.4 Å².